The Morgan fingerprint density at radius 1 is 1.17 bits per heavy atom. The Kier molecular flexibility index (Phi) is 6.74. The smallest absolute Gasteiger partial charge is 0.404 e. The Morgan fingerprint density at radius 3 is 2.40 bits per heavy atom. The molecule has 0 aliphatic heterocycles. The van der Waals surface area contributed by atoms with Gasteiger partial charge in [0.2, 0.25) is 11.9 Å². The lowest BCUT2D eigenvalue weighted by Gasteiger charge is -2.17. The molecule has 164 valence electrons. The van der Waals surface area contributed by atoms with Crippen LogP contribution in [0.4, 0.5) is 38.0 Å². The van der Waals surface area contributed by atoms with Crippen molar-refractivity contribution in [2.45, 2.75) is 32.4 Å². The van der Waals surface area contributed by atoms with Crippen molar-refractivity contribution in [3.63, 3.8) is 0 Å². The molecule has 0 unspecified atom stereocenters. The van der Waals surface area contributed by atoms with Crippen molar-refractivity contribution >= 4 is 35.1 Å². The highest BCUT2D eigenvalue weighted by Gasteiger charge is 2.35. The van der Waals surface area contributed by atoms with Crippen LogP contribution in [0.15, 0.2) is 12.1 Å². The van der Waals surface area contributed by atoms with Crippen molar-refractivity contribution in [2.24, 2.45) is 0 Å². The number of alkyl halides is 6. The van der Waals surface area contributed by atoms with E-state index in [-0.39, 0.29) is 12.5 Å². The number of hydrogen-bond donors (Lipinski definition) is 2. The molecule has 16 heteroatoms. The van der Waals surface area contributed by atoms with Crippen LogP contribution in [-0.2, 0) is 11.3 Å². The number of rotatable bonds is 6. The van der Waals surface area contributed by atoms with Crippen LogP contribution in [0.25, 0.3) is 0 Å². The van der Waals surface area contributed by atoms with E-state index in [1.165, 1.54) is 4.68 Å². The highest BCUT2D eigenvalue weighted by Crippen LogP contribution is 2.39. The van der Waals surface area contributed by atoms with Crippen molar-refractivity contribution in [2.75, 3.05) is 10.6 Å². The van der Waals surface area contributed by atoms with Gasteiger partial charge in [0.25, 0.3) is 5.91 Å². The third-order valence-electron chi connectivity index (χ3n) is 3.26. The molecule has 1 aromatic carbocycles. The summed E-state index contributed by atoms with van der Waals surface area (Å²) in [7, 11) is 0. The number of carbonyl (C=O) groups is 2. The maximum absolute atomic E-state index is 12.6. The molecule has 2 aromatic rings. The van der Waals surface area contributed by atoms with E-state index in [9.17, 15) is 35.9 Å². The first-order valence-electron chi connectivity index (χ1n) is 7.83. The average Bonchev–Trinajstić information content (AvgIpc) is 3.02. The second-order valence-electron chi connectivity index (χ2n) is 5.46. The highest BCUT2D eigenvalue weighted by molar-refractivity contribution is 6.37. The van der Waals surface area contributed by atoms with Gasteiger partial charge in [0, 0.05) is 6.54 Å². The zero-order valence-electron chi connectivity index (χ0n) is 14.7. The molecule has 1 aromatic heterocycles. The van der Waals surface area contributed by atoms with Crippen molar-refractivity contribution in [1.29, 1.82) is 0 Å². The predicted molar refractivity (Wildman–Crippen MR) is 88.9 cm³/mol. The fraction of sp³-hybridized carbons (Fsp3) is 0.357. The molecule has 0 aliphatic carbocycles. The number of aromatic nitrogens is 4. The molecular formula is C14H11ClF6N6O3. The van der Waals surface area contributed by atoms with E-state index in [1.54, 1.807) is 12.2 Å². The lowest BCUT2D eigenvalue weighted by Crippen LogP contribution is -2.24. The predicted octanol–water partition coefficient (Wildman–Crippen LogP) is 3.39. The minimum atomic E-state index is -5.25. The standard InChI is InChI=1S/C14H11ClF6N6O3/c1-2-27-12(24-25-26-27)23-11(29)6-3-4-7(30-14(19,20)21)10(9(6)15)22-8(28)5-13(16,17)18/h3-4H,2,5H2,1H3,(H,22,28)(H,23,24,26,29). The van der Waals surface area contributed by atoms with E-state index in [0.717, 1.165) is 6.07 Å². The molecule has 0 radical (unpaired) electrons. The minimum Gasteiger partial charge on any atom is -0.404 e. The monoisotopic (exact) mass is 460 g/mol. The molecule has 0 saturated heterocycles. The molecule has 0 saturated carbocycles. The first-order valence-corrected chi connectivity index (χ1v) is 8.21. The van der Waals surface area contributed by atoms with Crippen molar-refractivity contribution in [1.82, 2.24) is 20.2 Å². The van der Waals surface area contributed by atoms with Gasteiger partial charge in [-0.1, -0.05) is 16.7 Å². The molecule has 9 nitrogen and oxygen atoms in total. The van der Waals surface area contributed by atoms with Crippen LogP contribution < -0.4 is 15.4 Å². The van der Waals surface area contributed by atoms with Gasteiger partial charge in [-0.15, -0.1) is 13.2 Å². The Morgan fingerprint density at radius 2 is 1.83 bits per heavy atom. The van der Waals surface area contributed by atoms with E-state index in [4.69, 9.17) is 11.6 Å². The molecule has 0 atom stereocenters. The molecular weight excluding hydrogens is 450 g/mol. The van der Waals surface area contributed by atoms with Crippen molar-refractivity contribution < 1.29 is 40.7 Å². The van der Waals surface area contributed by atoms with Gasteiger partial charge in [0.15, 0.2) is 5.75 Å². The van der Waals surface area contributed by atoms with Crippen LogP contribution in [-0.4, -0.2) is 44.6 Å². The largest absolute Gasteiger partial charge is 0.573 e. The Labute approximate surface area is 168 Å². The second kappa shape index (κ2) is 8.73. The molecule has 1 heterocycles. The SMILES string of the molecule is CCn1nnnc1NC(=O)c1ccc(OC(F)(F)F)c(NC(=O)CC(F)(F)F)c1Cl. The number of aryl methyl sites for hydroxylation is 1. The number of tetrazole rings is 1. The Balaban J connectivity index is 2.40. The number of carbonyl (C=O) groups excluding carboxylic acids is 2. The van der Waals surface area contributed by atoms with Crippen LogP contribution in [0, 0.1) is 0 Å². The summed E-state index contributed by atoms with van der Waals surface area (Å²) in [6, 6.07) is 1.43. The van der Waals surface area contributed by atoms with E-state index in [1.807, 2.05) is 0 Å². The minimum absolute atomic E-state index is 0.128. The van der Waals surface area contributed by atoms with Crippen molar-refractivity contribution in [3.05, 3.63) is 22.7 Å². The highest BCUT2D eigenvalue weighted by atomic mass is 35.5. The summed E-state index contributed by atoms with van der Waals surface area (Å²) in [4.78, 5) is 24.0. The van der Waals surface area contributed by atoms with E-state index in [0.29, 0.717) is 6.07 Å². The lowest BCUT2D eigenvalue weighted by molar-refractivity contribution is -0.274. The van der Waals surface area contributed by atoms with Gasteiger partial charge in [0.1, 0.15) is 12.1 Å². The summed E-state index contributed by atoms with van der Waals surface area (Å²) < 4.78 is 79.8. The number of anilines is 2. The molecule has 2 amide bonds. The summed E-state index contributed by atoms with van der Waals surface area (Å²) in [5, 5.41) is 13.4. The zero-order valence-corrected chi connectivity index (χ0v) is 15.5. The van der Waals surface area contributed by atoms with Gasteiger partial charge in [-0.2, -0.15) is 13.2 Å². The molecule has 0 aliphatic rings. The number of ether oxygens (including phenoxy) is 1. The van der Waals surface area contributed by atoms with Gasteiger partial charge < -0.3 is 10.1 Å². The van der Waals surface area contributed by atoms with Gasteiger partial charge in [-0.05, 0) is 29.5 Å². The molecule has 30 heavy (non-hydrogen) atoms. The number of amides is 2. The first kappa shape index (κ1) is 23.2. The second-order valence-corrected chi connectivity index (χ2v) is 5.84. The molecule has 0 bridgehead atoms. The van der Waals surface area contributed by atoms with Crippen LogP contribution in [0.2, 0.25) is 5.02 Å². The van der Waals surface area contributed by atoms with E-state index in [2.05, 4.69) is 25.6 Å². The number of nitrogens with one attached hydrogen (secondary N) is 2. The Hall–Kier alpha value is -3.10. The summed E-state index contributed by atoms with van der Waals surface area (Å²) in [5.74, 6) is -3.96. The van der Waals surface area contributed by atoms with Crippen molar-refractivity contribution in [3.8, 4) is 5.75 Å². The number of benzene rings is 1. The topological polar surface area (TPSA) is 111 Å². The fourth-order valence-corrected chi connectivity index (χ4v) is 2.39. The summed E-state index contributed by atoms with van der Waals surface area (Å²) in [5.41, 5.74) is -1.45. The summed E-state index contributed by atoms with van der Waals surface area (Å²) >= 11 is 5.90. The van der Waals surface area contributed by atoms with Gasteiger partial charge in [0.05, 0.1) is 10.6 Å². The van der Waals surface area contributed by atoms with E-state index < -0.39 is 52.8 Å². The average molecular weight is 461 g/mol. The zero-order chi connectivity index (χ0) is 22.7. The van der Waals surface area contributed by atoms with Gasteiger partial charge >= 0.3 is 12.5 Å². The fourth-order valence-electron chi connectivity index (χ4n) is 2.10. The quantitative estimate of drug-likeness (QED) is 0.639. The molecule has 2 rings (SSSR count). The van der Waals surface area contributed by atoms with Crippen LogP contribution in [0.3, 0.4) is 0 Å². The number of nitrogens with zero attached hydrogens (tertiary/aromatic N) is 4. The third-order valence-corrected chi connectivity index (χ3v) is 3.65. The molecule has 0 fully saturated rings. The van der Waals surface area contributed by atoms with Crippen LogP contribution in [0.5, 0.6) is 5.75 Å². The summed E-state index contributed by atoms with van der Waals surface area (Å²) in [6.45, 7) is 1.91. The summed E-state index contributed by atoms with van der Waals surface area (Å²) in [6.07, 6.45) is -12.2. The molecule has 0 spiro atoms. The Bertz CT molecular complexity index is 945. The van der Waals surface area contributed by atoms with E-state index >= 15 is 0 Å². The maximum atomic E-state index is 12.6. The maximum Gasteiger partial charge on any atom is 0.573 e. The normalized spacial score (nSPS) is 11.9. The number of hydrogen-bond acceptors (Lipinski definition) is 6. The van der Waals surface area contributed by atoms with Crippen LogP contribution in [0.1, 0.15) is 23.7 Å². The van der Waals surface area contributed by atoms with Gasteiger partial charge in [-0.25, -0.2) is 4.68 Å². The third kappa shape index (κ3) is 6.20. The lowest BCUT2D eigenvalue weighted by atomic mass is 10.1. The molecule has 2 N–H and O–H groups in total. The van der Waals surface area contributed by atoms with Crippen LogP contribution >= 0.6 is 11.6 Å². The number of halogens is 7. The first-order chi connectivity index (χ1) is 13.8. The van der Waals surface area contributed by atoms with Gasteiger partial charge in [-0.3, -0.25) is 14.9 Å².